The van der Waals surface area contributed by atoms with Crippen LogP contribution < -0.4 is 0 Å². The average Bonchev–Trinajstić information content (AvgIpc) is 2.64. The second-order valence-electron chi connectivity index (χ2n) is 3.21. The van der Waals surface area contributed by atoms with Gasteiger partial charge in [-0.2, -0.15) is 0 Å². The standard InChI is InChI=1S/C11H10BrNOS/c1-7-8(3-2-5-13-7)10(14)11-9(12)4-6-15-11/h2-6,10,14H,1H3. The molecule has 0 saturated heterocycles. The van der Waals surface area contributed by atoms with Crippen LogP contribution in [0.3, 0.4) is 0 Å². The van der Waals surface area contributed by atoms with Crippen LogP contribution in [0.5, 0.6) is 0 Å². The van der Waals surface area contributed by atoms with E-state index in [-0.39, 0.29) is 0 Å². The van der Waals surface area contributed by atoms with E-state index >= 15 is 0 Å². The number of aliphatic hydroxyl groups excluding tert-OH is 1. The Morgan fingerprint density at radius 2 is 2.27 bits per heavy atom. The molecule has 0 aliphatic rings. The highest BCUT2D eigenvalue weighted by Gasteiger charge is 2.16. The zero-order chi connectivity index (χ0) is 10.8. The number of pyridine rings is 1. The number of rotatable bonds is 2. The normalized spacial score (nSPS) is 12.7. The summed E-state index contributed by atoms with van der Waals surface area (Å²) in [5.41, 5.74) is 1.73. The number of nitrogens with zero attached hydrogens (tertiary/aromatic N) is 1. The van der Waals surface area contributed by atoms with E-state index in [0.717, 1.165) is 20.6 Å². The summed E-state index contributed by atoms with van der Waals surface area (Å²) in [6, 6.07) is 5.68. The summed E-state index contributed by atoms with van der Waals surface area (Å²) in [4.78, 5) is 5.09. The minimum absolute atomic E-state index is 0.590. The Hall–Kier alpha value is -0.710. The van der Waals surface area contributed by atoms with Crippen molar-refractivity contribution >= 4 is 27.3 Å². The fourth-order valence-corrected chi connectivity index (χ4v) is 3.02. The van der Waals surface area contributed by atoms with Crippen molar-refractivity contribution in [2.75, 3.05) is 0 Å². The van der Waals surface area contributed by atoms with Crippen LogP contribution in [0, 0.1) is 6.92 Å². The van der Waals surface area contributed by atoms with Crippen molar-refractivity contribution in [3.8, 4) is 0 Å². The number of aryl methyl sites for hydroxylation is 1. The smallest absolute Gasteiger partial charge is 0.116 e. The molecular formula is C11H10BrNOS. The van der Waals surface area contributed by atoms with Gasteiger partial charge in [-0.1, -0.05) is 6.07 Å². The van der Waals surface area contributed by atoms with Gasteiger partial charge in [0.1, 0.15) is 6.10 Å². The van der Waals surface area contributed by atoms with Gasteiger partial charge < -0.3 is 5.11 Å². The molecule has 2 nitrogen and oxygen atoms in total. The Morgan fingerprint density at radius 3 is 2.87 bits per heavy atom. The van der Waals surface area contributed by atoms with E-state index in [1.807, 2.05) is 30.5 Å². The van der Waals surface area contributed by atoms with Crippen molar-refractivity contribution in [1.29, 1.82) is 0 Å². The molecule has 0 aliphatic heterocycles. The highest BCUT2D eigenvalue weighted by atomic mass is 79.9. The Bertz CT molecular complexity index is 469. The molecule has 15 heavy (non-hydrogen) atoms. The number of halogens is 1. The predicted octanol–water partition coefficient (Wildman–Crippen LogP) is 3.30. The fraction of sp³-hybridized carbons (Fsp3) is 0.182. The molecule has 2 aromatic rings. The molecule has 2 rings (SSSR count). The summed E-state index contributed by atoms with van der Waals surface area (Å²) in [7, 11) is 0. The number of hydrogen-bond donors (Lipinski definition) is 1. The maximum absolute atomic E-state index is 10.2. The van der Waals surface area contributed by atoms with Gasteiger partial charge in [0.2, 0.25) is 0 Å². The van der Waals surface area contributed by atoms with Gasteiger partial charge in [-0.15, -0.1) is 11.3 Å². The first-order valence-electron chi connectivity index (χ1n) is 4.52. The maximum atomic E-state index is 10.2. The van der Waals surface area contributed by atoms with Gasteiger partial charge in [-0.3, -0.25) is 4.98 Å². The summed E-state index contributed by atoms with van der Waals surface area (Å²) < 4.78 is 0.947. The van der Waals surface area contributed by atoms with Gasteiger partial charge in [0, 0.05) is 21.9 Å². The lowest BCUT2D eigenvalue weighted by Crippen LogP contribution is -2.01. The number of hydrogen-bond acceptors (Lipinski definition) is 3. The molecule has 4 heteroatoms. The second-order valence-corrected chi connectivity index (χ2v) is 5.02. The lowest BCUT2D eigenvalue weighted by molar-refractivity contribution is 0.222. The number of aromatic nitrogens is 1. The first kappa shape index (κ1) is 10.8. The Morgan fingerprint density at radius 1 is 1.47 bits per heavy atom. The SMILES string of the molecule is Cc1ncccc1C(O)c1sccc1Br. The van der Waals surface area contributed by atoms with E-state index < -0.39 is 6.10 Å². The number of thiophene rings is 1. The zero-order valence-corrected chi connectivity index (χ0v) is 10.5. The Balaban J connectivity index is 2.41. The first-order valence-corrected chi connectivity index (χ1v) is 6.20. The molecule has 1 unspecified atom stereocenters. The third-order valence-electron chi connectivity index (χ3n) is 2.24. The van der Waals surface area contributed by atoms with Crippen molar-refractivity contribution < 1.29 is 5.11 Å². The van der Waals surface area contributed by atoms with Gasteiger partial charge in [-0.05, 0) is 40.4 Å². The average molecular weight is 284 g/mol. The van der Waals surface area contributed by atoms with Crippen molar-refractivity contribution in [2.45, 2.75) is 13.0 Å². The molecule has 2 heterocycles. The van der Waals surface area contributed by atoms with Crippen molar-refractivity contribution in [3.05, 3.63) is 50.4 Å². The molecule has 1 N–H and O–H groups in total. The van der Waals surface area contributed by atoms with Crippen LogP contribution in [0.15, 0.2) is 34.2 Å². The van der Waals surface area contributed by atoms with Crippen LogP contribution in [-0.4, -0.2) is 10.1 Å². The summed E-state index contributed by atoms with van der Waals surface area (Å²) >= 11 is 4.96. The van der Waals surface area contributed by atoms with Crippen molar-refractivity contribution in [3.63, 3.8) is 0 Å². The van der Waals surface area contributed by atoms with Gasteiger partial charge in [0.15, 0.2) is 0 Å². The molecule has 0 bridgehead atoms. The molecule has 2 aromatic heterocycles. The Kier molecular flexibility index (Phi) is 3.19. The van der Waals surface area contributed by atoms with E-state index in [0.29, 0.717) is 0 Å². The third-order valence-corrected chi connectivity index (χ3v) is 4.16. The summed E-state index contributed by atoms with van der Waals surface area (Å²) in [5.74, 6) is 0. The minimum atomic E-state index is -0.590. The van der Waals surface area contributed by atoms with E-state index in [1.165, 1.54) is 11.3 Å². The quantitative estimate of drug-likeness (QED) is 0.918. The minimum Gasteiger partial charge on any atom is -0.383 e. The van der Waals surface area contributed by atoms with Crippen LogP contribution in [0.25, 0.3) is 0 Å². The summed E-state index contributed by atoms with van der Waals surface area (Å²) in [5, 5.41) is 12.1. The number of aliphatic hydroxyl groups is 1. The molecule has 0 aromatic carbocycles. The molecular weight excluding hydrogens is 274 g/mol. The fourth-order valence-electron chi connectivity index (χ4n) is 1.43. The first-order chi connectivity index (χ1) is 7.20. The lowest BCUT2D eigenvalue weighted by atomic mass is 10.1. The molecule has 0 saturated carbocycles. The highest BCUT2D eigenvalue weighted by molar-refractivity contribution is 9.10. The van der Waals surface area contributed by atoms with Crippen LogP contribution in [-0.2, 0) is 0 Å². The van der Waals surface area contributed by atoms with Crippen LogP contribution in [0.4, 0.5) is 0 Å². The van der Waals surface area contributed by atoms with Gasteiger partial charge in [0.25, 0.3) is 0 Å². The monoisotopic (exact) mass is 283 g/mol. The van der Waals surface area contributed by atoms with Crippen molar-refractivity contribution in [2.24, 2.45) is 0 Å². The molecule has 0 aliphatic carbocycles. The molecule has 0 radical (unpaired) electrons. The second kappa shape index (κ2) is 4.43. The third kappa shape index (κ3) is 2.12. The topological polar surface area (TPSA) is 33.1 Å². The molecule has 0 fully saturated rings. The Labute approximate surface area is 101 Å². The van der Waals surface area contributed by atoms with E-state index in [9.17, 15) is 5.11 Å². The molecule has 1 atom stereocenters. The van der Waals surface area contributed by atoms with Crippen LogP contribution in [0.2, 0.25) is 0 Å². The molecule has 78 valence electrons. The van der Waals surface area contributed by atoms with Gasteiger partial charge in [-0.25, -0.2) is 0 Å². The summed E-state index contributed by atoms with van der Waals surface area (Å²) in [6.07, 6.45) is 1.14. The lowest BCUT2D eigenvalue weighted by Gasteiger charge is -2.11. The van der Waals surface area contributed by atoms with Crippen LogP contribution >= 0.6 is 27.3 Å². The van der Waals surface area contributed by atoms with Gasteiger partial charge >= 0.3 is 0 Å². The molecule has 0 amide bonds. The predicted molar refractivity (Wildman–Crippen MR) is 65.1 cm³/mol. The highest BCUT2D eigenvalue weighted by Crippen LogP contribution is 2.33. The van der Waals surface area contributed by atoms with E-state index in [2.05, 4.69) is 20.9 Å². The zero-order valence-electron chi connectivity index (χ0n) is 8.14. The van der Waals surface area contributed by atoms with Crippen molar-refractivity contribution in [1.82, 2.24) is 4.98 Å². The maximum Gasteiger partial charge on any atom is 0.116 e. The molecule has 0 spiro atoms. The van der Waals surface area contributed by atoms with Gasteiger partial charge in [0.05, 0.1) is 4.88 Å². The van der Waals surface area contributed by atoms with E-state index in [4.69, 9.17) is 0 Å². The largest absolute Gasteiger partial charge is 0.383 e. The van der Waals surface area contributed by atoms with E-state index in [1.54, 1.807) is 6.20 Å². The van der Waals surface area contributed by atoms with Crippen LogP contribution in [0.1, 0.15) is 22.2 Å². The summed E-state index contributed by atoms with van der Waals surface area (Å²) in [6.45, 7) is 1.90.